The van der Waals surface area contributed by atoms with Gasteiger partial charge in [-0.05, 0) is 18.2 Å². The minimum atomic E-state index is 0.733. The summed E-state index contributed by atoms with van der Waals surface area (Å²) in [7, 11) is 5.78. The SMILES string of the molecule is CN(C)c1nc(-c2ccc3c(c2)nnn3C)ns1. The number of benzene rings is 1. The number of rotatable bonds is 2. The molecule has 0 atom stereocenters. The summed E-state index contributed by atoms with van der Waals surface area (Å²) in [5.74, 6) is 0.733. The molecular weight excluding hydrogens is 248 g/mol. The van der Waals surface area contributed by atoms with Gasteiger partial charge >= 0.3 is 0 Å². The Bertz CT molecular complexity index is 698. The van der Waals surface area contributed by atoms with Crippen LogP contribution in [0.15, 0.2) is 18.2 Å². The highest BCUT2D eigenvalue weighted by Crippen LogP contribution is 2.24. The predicted molar refractivity (Wildman–Crippen MR) is 71.7 cm³/mol. The maximum Gasteiger partial charge on any atom is 0.204 e. The number of hydrogen-bond acceptors (Lipinski definition) is 6. The van der Waals surface area contributed by atoms with Crippen molar-refractivity contribution in [3.63, 3.8) is 0 Å². The molecule has 0 radical (unpaired) electrons. The van der Waals surface area contributed by atoms with Gasteiger partial charge in [-0.1, -0.05) is 5.21 Å². The van der Waals surface area contributed by atoms with Crippen LogP contribution < -0.4 is 4.90 Å². The Kier molecular flexibility index (Phi) is 2.48. The standard InChI is InChI=1S/C11H12N6S/c1-16(2)11-12-10(14-18-11)7-4-5-9-8(6-7)13-15-17(9)3/h4-6H,1-3H3. The van der Waals surface area contributed by atoms with Gasteiger partial charge < -0.3 is 4.90 Å². The fourth-order valence-corrected chi connectivity index (χ4v) is 2.30. The maximum atomic E-state index is 4.47. The minimum Gasteiger partial charge on any atom is -0.353 e. The van der Waals surface area contributed by atoms with Crippen molar-refractivity contribution in [1.29, 1.82) is 0 Å². The minimum absolute atomic E-state index is 0.733. The second-order valence-electron chi connectivity index (χ2n) is 4.21. The zero-order chi connectivity index (χ0) is 12.7. The molecule has 6 nitrogen and oxygen atoms in total. The molecule has 2 heterocycles. The second-order valence-corrected chi connectivity index (χ2v) is 4.94. The van der Waals surface area contributed by atoms with Gasteiger partial charge in [-0.25, -0.2) is 4.68 Å². The van der Waals surface area contributed by atoms with Crippen molar-refractivity contribution in [2.75, 3.05) is 19.0 Å². The summed E-state index contributed by atoms with van der Waals surface area (Å²) in [4.78, 5) is 6.42. The van der Waals surface area contributed by atoms with Crippen LogP contribution in [0.5, 0.6) is 0 Å². The lowest BCUT2D eigenvalue weighted by molar-refractivity contribution is 0.736. The van der Waals surface area contributed by atoms with Crippen molar-refractivity contribution in [3.05, 3.63) is 18.2 Å². The molecule has 7 heteroatoms. The van der Waals surface area contributed by atoms with Gasteiger partial charge in [0.15, 0.2) is 5.82 Å². The third kappa shape index (κ3) is 1.72. The molecule has 0 unspecified atom stereocenters. The maximum absolute atomic E-state index is 4.47. The lowest BCUT2D eigenvalue weighted by Gasteiger charge is -2.04. The largest absolute Gasteiger partial charge is 0.353 e. The molecule has 1 aromatic carbocycles. The lowest BCUT2D eigenvalue weighted by atomic mass is 10.2. The summed E-state index contributed by atoms with van der Waals surface area (Å²) in [5.41, 5.74) is 2.82. The number of aromatic nitrogens is 5. The van der Waals surface area contributed by atoms with Gasteiger partial charge in [-0.15, -0.1) is 5.10 Å². The van der Waals surface area contributed by atoms with Gasteiger partial charge in [-0.3, -0.25) is 0 Å². The molecule has 0 aliphatic carbocycles. The Balaban J connectivity index is 2.07. The van der Waals surface area contributed by atoms with Gasteiger partial charge in [0.05, 0.1) is 5.52 Å². The average molecular weight is 260 g/mol. The molecule has 92 valence electrons. The predicted octanol–water partition coefficient (Wildman–Crippen LogP) is 1.55. The first-order valence-electron chi connectivity index (χ1n) is 5.46. The Morgan fingerprint density at radius 2 is 2.11 bits per heavy atom. The van der Waals surface area contributed by atoms with E-state index in [1.54, 1.807) is 4.68 Å². The molecule has 0 aliphatic rings. The summed E-state index contributed by atoms with van der Waals surface area (Å²) in [6.07, 6.45) is 0. The van der Waals surface area contributed by atoms with Crippen molar-refractivity contribution in [1.82, 2.24) is 24.4 Å². The van der Waals surface area contributed by atoms with Crippen LogP contribution in [0.4, 0.5) is 5.13 Å². The molecular formula is C11H12N6S. The molecule has 0 spiro atoms. The van der Waals surface area contributed by atoms with E-state index in [9.17, 15) is 0 Å². The highest BCUT2D eigenvalue weighted by Gasteiger charge is 2.10. The van der Waals surface area contributed by atoms with Gasteiger partial charge in [0.1, 0.15) is 5.52 Å². The quantitative estimate of drug-likeness (QED) is 0.699. The molecule has 0 fully saturated rings. The molecule has 0 N–H and O–H groups in total. The first-order valence-corrected chi connectivity index (χ1v) is 6.23. The first kappa shape index (κ1) is 11.1. The van der Waals surface area contributed by atoms with Crippen LogP contribution >= 0.6 is 11.5 Å². The zero-order valence-electron chi connectivity index (χ0n) is 10.3. The van der Waals surface area contributed by atoms with E-state index in [1.807, 2.05) is 44.2 Å². The van der Waals surface area contributed by atoms with Crippen molar-refractivity contribution < 1.29 is 0 Å². The number of fused-ring (bicyclic) bond motifs is 1. The Morgan fingerprint density at radius 3 is 2.83 bits per heavy atom. The van der Waals surface area contributed by atoms with Crippen LogP contribution in [-0.4, -0.2) is 38.4 Å². The molecule has 18 heavy (non-hydrogen) atoms. The van der Waals surface area contributed by atoms with Crippen molar-refractivity contribution in [2.24, 2.45) is 7.05 Å². The van der Waals surface area contributed by atoms with Crippen LogP contribution in [0, 0.1) is 0 Å². The number of hydrogen-bond donors (Lipinski definition) is 0. The normalized spacial score (nSPS) is 11.1. The number of nitrogens with zero attached hydrogens (tertiary/aromatic N) is 6. The van der Waals surface area contributed by atoms with Gasteiger partial charge in [0.25, 0.3) is 0 Å². The summed E-state index contributed by atoms with van der Waals surface area (Å²) in [5, 5.41) is 8.97. The zero-order valence-corrected chi connectivity index (χ0v) is 11.1. The Morgan fingerprint density at radius 1 is 1.28 bits per heavy atom. The van der Waals surface area contributed by atoms with Gasteiger partial charge in [-0.2, -0.15) is 9.36 Å². The first-order chi connectivity index (χ1) is 8.65. The lowest BCUT2D eigenvalue weighted by Crippen LogP contribution is -2.07. The van der Waals surface area contributed by atoms with E-state index in [0.717, 1.165) is 27.6 Å². The molecule has 0 saturated heterocycles. The van der Waals surface area contributed by atoms with E-state index in [2.05, 4.69) is 19.7 Å². The molecule has 0 saturated carbocycles. The van der Waals surface area contributed by atoms with E-state index in [1.165, 1.54) is 11.5 Å². The topological polar surface area (TPSA) is 59.7 Å². The van der Waals surface area contributed by atoms with Gasteiger partial charge in [0, 0.05) is 38.2 Å². The van der Waals surface area contributed by atoms with Crippen molar-refractivity contribution in [3.8, 4) is 11.4 Å². The van der Waals surface area contributed by atoms with Crippen LogP contribution in [0.3, 0.4) is 0 Å². The fraction of sp³-hybridized carbons (Fsp3) is 0.273. The number of anilines is 1. The highest BCUT2D eigenvalue weighted by molar-refractivity contribution is 7.09. The fourth-order valence-electron chi connectivity index (χ4n) is 1.69. The summed E-state index contributed by atoms with van der Waals surface area (Å²) in [6, 6.07) is 5.94. The number of aryl methyl sites for hydroxylation is 1. The Labute approximate surface area is 108 Å². The van der Waals surface area contributed by atoms with Crippen molar-refractivity contribution in [2.45, 2.75) is 0 Å². The molecule has 2 aromatic heterocycles. The van der Waals surface area contributed by atoms with E-state index in [-0.39, 0.29) is 0 Å². The third-order valence-electron chi connectivity index (χ3n) is 2.67. The monoisotopic (exact) mass is 260 g/mol. The van der Waals surface area contributed by atoms with Crippen LogP contribution in [0.2, 0.25) is 0 Å². The summed E-state index contributed by atoms with van der Waals surface area (Å²) >= 11 is 1.39. The van der Waals surface area contributed by atoms with Crippen LogP contribution in [-0.2, 0) is 7.05 Å². The van der Waals surface area contributed by atoms with E-state index < -0.39 is 0 Å². The molecule has 3 rings (SSSR count). The van der Waals surface area contributed by atoms with E-state index in [0.29, 0.717) is 0 Å². The van der Waals surface area contributed by atoms with E-state index >= 15 is 0 Å². The van der Waals surface area contributed by atoms with Crippen LogP contribution in [0.25, 0.3) is 22.4 Å². The second kappa shape index (κ2) is 4.02. The van der Waals surface area contributed by atoms with Gasteiger partial charge in [0.2, 0.25) is 5.13 Å². The molecule has 0 bridgehead atoms. The van der Waals surface area contributed by atoms with Crippen LogP contribution in [0.1, 0.15) is 0 Å². The highest BCUT2D eigenvalue weighted by atomic mass is 32.1. The molecule has 3 aromatic rings. The molecule has 0 aliphatic heterocycles. The molecule has 0 amide bonds. The van der Waals surface area contributed by atoms with Crippen molar-refractivity contribution >= 4 is 27.7 Å². The average Bonchev–Trinajstić information content (AvgIpc) is 2.96. The smallest absolute Gasteiger partial charge is 0.204 e. The summed E-state index contributed by atoms with van der Waals surface area (Å²) < 4.78 is 6.10. The third-order valence-corrected chi connectivity index (χ3v) is 3.55. The Hall–Kier alpha value is -2.02. The summed E-state index contributed by atoms with van der Waals surface area (Å²) in [6.45, 7) is 0. The van der Waals surface area contributed by atoms with E-state index in [4.69, 9.17) is 0 Å².